The molecule has 3 aromatic rings. The molecule has 0 aliphatic carbocycles. The molecule has 3 N–H and O–H groups in total. The van der Waals surface area contributed by atoms with Crippen molar-refractivity contribution in [3.8, 4) is 11.3 Å². The molecule has 0 radical (unpaired) electrons. The third-order valence-electron chi connectivity index (χ3n) is 5.76. The van der Waals surface area contributed by atoms with E-state index < -0.39 is 0 Å². The third-order valence-corrected chi connectivity index (χ3v) is 6.01. The molecular weight excluding hydrogens is 438 g/mol. The van der Waals surface area contributed by atoms with Crippen molar-refractivity contribution in [1.82, 2.24) is 20.2 Å². The zero-order valence-corrected chi connectivity index (χ0v) is 19.3. The predicted octanol–water partition coefficient (Wildman–Crippen LogP) is 4.12. The molecule has 1 aliphatic heterocycles. The first-order valence-electron chi connectivity index (χ1n) is 11.1. The monoisotopic (exact) mass is 465 g/mol. The lowest BCUT2D eigenvalue weighted by Gasteiger charge is -2.33. The first-order chi connectivity index (χ1) is 16.0. The molecule has 2 aromatic carbocycles. The number of aliphatic hydroxyl groups excluding tert-OH is 1. The quantitative estimate of drug-likeness (QED) is 0.486. The van der Waals surface area contributed by atoms with Crippen molar-refractivity contribution >= 4 is 29.1 Å². The second-order valence-electron chi connectivity index (χ2n) is 8.29. The summed E-state index contributed by atoms with van der Waals surface area (Å²) in [5, 5.41) is 16.5. The van der Waals surface area contributed by atoms with Gasteiger partial charge in [-0.15, -0.1) is 0 Å². The van der Waals surface area contributed by atoms with Gasteiger partial charge in [-0.2, -0.15) is 0 Å². The number of piperidine rings is 1. The summed E-state index contributed by atoms with van der Waals surface area (Å²) in [6, 6.07) is 17.1. The number of likely N-dealkylation sites (tertiary alicyclic amines) is 1. The van der Waals surface area contributed by atoms with Gasteiger partial charge < -0.3 is 20.6 Å². The number of aromatic nitrogens is 2. The van der Waals surface area contributed by atoms with E-state index in [0.717, 1.165) is 29.8 Å². The standard InChI is InChI=1S/C25H28ClN5O2/c1-17(16-32)28-22-11-14-31(15-12-22)24(33)19-4-8-21(9-5-19)29-25-27-13-10-23(30-25)18-2-6-20(26)7-3-18/h2-10,13,17,22,28,32H,11-12,14-16H2,1H3,(H,27,29,30)/t17-/m0/s1. The van der Waals surface area contributed by atoms with Gasteiger partial charge in [0.05, 0.1) is 12.3 Å². The van der Waals surface area contributed by atoms with E-state index in [4.69, 9.17) is 11.6 Å². The number of anilines is 2. The maximum atomic E-state index is 12.9. The number of nitrogens with zero attached hydrogens (tertiary/aromatic N) is 3. The fraction of sp³-hybridized carbons (Fsp3) is 0.320. The minimum absolute atomic E-state index is 0.0381. The topological polar surface area (TPSA) is 90.4 Å². The van der Waals surface area contributed by atoms with Crippen LogP contribution in [0.1, 0.15) is 30.1 Å². The van der Waals surface area contributed by atoms with Crippen molar-refractivity contribution in [2.24, 2.45) is 0 Å². The van der Waals surface area contributed by atoms with Crippen LogP contribution in [0.2, 0.25) is 5.02 Å². The third kappa shape index (κ3) is 6.07. The number of halogens is 1. The van der Waals surface area contributed by atoms with Crippen LogP contribution in [0, 0.1) is 0 Å². The highest BCUT2D eigenvalue weighted by molar-refractivity contribution is 6.30. The zero-order valence-electron chi connectivity index (χ0n) is 18.5. The average molecular weight is 466 g/mol. The van der Waals surface area contributed by atoms with Gasteiger partial charge in [0.1, 0.15) is 0 Å². The number of aliphatic hydroxyl groups is 1. The number of nitrogens with one attached hydrogen (secondary N) is 2. The molecule has 172 valence electrons. The van der Waals surface area contributed by atoms with Gasteiger partial charge in [0.15, 0.2) is 0 Å². The highest BCUT2D eigenvalue weighted by Crippen LogP contribution is 2.22. The summed E-state index contributed by atoms with van der Waals surface area (Å²) in [5.41, 5.74) is 3.21. The van der Waals surface area contributed by atoms with Crippen molar-refractivity contribution in [2.75, 3.05) is 25.0 Å². The van der Waals surface area contributed by atoms with Crippen LogP contribution in [0.5, 0.6) is 0 Å². The molecule has 33 heavy (non-hydrogen) atoms. The van der Waals surface area contributed by atoms with E-state index >= 15 is 0 Å². The van der Waals surface area contributed by atoms with E-state index in [-0.39, 0.29) is 18.6 Å². The molecule has 2 heterocycles. The molecular formula is C25H28ClN5O2. The van der Waals surface area contributed by atoms with Gasteiger partial charge in [-0.05, 0) is 62.2 Å². The van der Waals surface area contributed by atoms with Gasteiger partial charge in [-0.25, -0.2) is 9.97 Å². The van der Waals surface area contributed by atoms with Crippen LogP contribution in [-0.4, -0.2) is 57.7 Å². The van der Waals surface area contributed by atoms with E-state index in [0.29, 0.717) is 35.7 Å². The van der Waals surface area contributed by atoms with Crippen LogP contribution >= 0.6 is 11.6 Å². The van der Waals surface area contributed by atoms with Gasteiger partial charge >= 0.3 is 0 Å². The molecule has 4 rings (SSSR count). The largest absolute Gasteiger partial charge is 0.395 e. The summed E-state index contributed by atoms with van der Waals surface area (Å²) in [6.45, 7) is 3.50. The lowest BCUT2D eigenvalue weighted by Crippen LogP contribution is -2.47. The van der Waals surface area contributed by atoms with Crippen molar-refractivity contribution in [2.45, 2.75) is 31.8 Å². The number of carbonyl (C=O) groups excluding carboxylic acids is 1. The van der Waals surface area contributed by atoms with Gasteiger partial charge in [-0.3, -0.25) is 4.79 Å². The Bertz CT molecular complexity index is 1070. The number of hydrogen-bond donors (Lipinski definition) is 3. The molecule has 0 unspecified atom stereocenters. The van der Waals surface area contributed by atoms with Crippen molar-refractivity contribution in [3.05, 3.63) is 71.4 Å². The molecule has 0 spiro atoms. The lowest BCUT2D eigenvalue weighted by molar-refractivity contribution is 0.0698. The second kappa shape index (κ2) is 10.7. The van der Waals surface area contributed by atoms with E-state index in [1.165, 1.54) is 0 Å². The van der Waals surface area contributed by atoms with Crippen molar-refractivity contribution < 1.29 is 9.90 Å². The molecule has 1 atom stereocenters. The number of rotatable bonds is 7. The average Bonchev–Trinajstić information content (AvgIpc) is 2.85. The summed E-state index contributed by atoms with van der Waals surface area (Å²) in [7, 11) is 0. The summed E-state index contributed by atoms with van der Waals surface area (Å²) in [4.78, 5) is 23.7. The molecule has 1 aliphatic rings. The second-order valence-corrected chi connectivity index (χ2v) is 8.73. The van der Waals surface area contributed by atoms with Gasteiger partial charge in [0.2, 0.25) is 5.95 Å². The fourth-order valence-corrected chi connectivity index (χ4v) is 4.04. The molecule has 1 amide bonds. The van der Waals surface area contributed by atoms with Crippen LogP contribution in [0.25, 0.3) is 11.3 Å². The molecule has 8 heteroatoms. The number of hydrogen-bond acceptors (Lipinski definition) is 6. The Hall–Kier alpha value is -3.00. The Balaban J connectivity index is 1.35. The Labute approximate surface area is 198 Å². The highest BCUT2D eigenvalue weighted by Gasteiger charge is 2.24. The van der Waals surface area contributed by atoms with E-state index in [9.17, 15) is 9.90 Å². The fourth-order valence-electron chi connectivity index (χ4n) is 3.91. The Morgan fingerprint density at radius 2 is 1.82 bits per heavy atom. The Morgan fingerprint density at radius 3 is 2.48 bits per heavy atom. The number of carbonyl (C=O) groups is 1. The number of benzene rings is 2. The summed E-state index contributed by atoms with van der Waals surface area (Å²) < 4.78 is 0. The van der Waals surface area contributed by atoms with Gasteiger partial charge in [0, 0.05) is 53.2 Å². The molecule has 1 fully saturated rings. The smallest absolute Gasteiger partial charge is 0.253 e. The zero-order chi connectivity index (χ0) is 23.2. The Morgan fingerprint density at radius 1 is 1.12 bits per heavy atom. The number of amides is 1. The first-order valence-corrected chi connectivity index (χ1v) is 11.5. The normalized spacial score (nSPS) is 15.3. The Kier molecular flexibility index (Phi) is 7.54. The van der Waals surface area contributed by atoms with Crippen LogP contribution in [0.3, 0.4) is 0 Å². The summed E-state index contributed by atoms with van der Waals surface area (Å²) in [5.74, 6) is 0.518. The van der Waals surface area contributed by atoms with Crippen LogP contribution in [0.15, 0.2) is 60.8 Å². The lowest BCUT2D eigenvalue weighted by atomic mass is 10.0. The molecule has 1 aromatic heterocycles. The van der Waals surface area contributed by atoms with Crippen LogP contribution < -0.4 is 10.6 Å². The van der Waals surface area contributed by atoms with Crippen molar-refractivity contribution in [1.29, 1.82) is 0 Å². The van der Waals surface area contributed by atoms with Crippen molar-refractivity contribution in [3.63, 3.8) is 0 Å². The maximum Gasteiger partial charge on any atom is 0.253 e. The summed E-state index contributed by atoms with van der Waals surface area (Å²) >= 11 is 5.97. The van der Waals surface area contributed by atoms with Crippen LogP contribution in [-0.2, 0) is 0 Å². The maximum absolute atomic E-state index is 12.9. The van der Waals surface area contributed by atoms with Gasteiger partial charge in [-0.1, -0.05) is 23.7 Å². The minimum Gasteiger partial charge on any atom is -0.395 e. The van der Waals surface area contributed by atoms with Crippen LogP contribution in [0.4, 0.5) is 11.6 Å². The van der Waals surface area contributed by atoms with E-state index in [2.05, 4.69) is 20.6 Å². The highest BCUT2D eigenvalue weighted by atomic mass is 35.5. The van der Waals surface area contributed by atoms with E-state index in [1.54, 1.807) is 6.20 Å². The minimum atomic E-state index is 0.0381. The molecule has 7 nitrogen and oxygen atoms in total. The molecule has 1 saturated heterocycles. The first kappa shape index (κ1) is 23.2. The predicted molar refractivity (Wildman–Crippen MR) is 131 cm³/mol. The van der Waals surface area contributed by atoms with E-state index in [1.807, 2.05) is 66.4 Å². The SMILES string of the molecule is C[C@@H](CO)NC1CCN(C(=O)c2ccc(Nc3nccc(-c4ccc(Cl)cc4)n3)cc2)CC1. The molecule has 0 saturated carbocycles. The summed E-state index contributed by atoms with van der Waals surface area (Å²) in [6.07, 6.45) is 3.48. The molecule has 0 bridgehead atoms. The van der Waals surface area contributed by atoms with Gasteiger partial charge in [0.25, 0.3) is 5.91 Å².